The normalized spacial score (nSPS) is 20.9. The van der Waals surface area contributed by atoms with Gasteiger partial charge >= 0.3 is 0 Å². The van der Waals surface area contributed by atoms with E-state index < -0.39 is 6.10 Å². The zero-order valence-corrected chi connectivity index (χ0v) is 19.0. The molecule has 2 N–H and O–H groups in total. The van der Waals surface area contributed by atoms with Crippen molar-refractivity contribution in [2.45, 2.75) is 58.1 Å². The molecule has 3 nitrogen and oxygen atoms in total. The molecule has 0 amide bonds. The fraction of sp³-hybridized carbons (Fsp3) is 0.370. The maximum absolute atomic E-state index is 11.6. The maximum atomic E-state index is 11.6. The van der Waals surface area contributed by atoms with Crippen LogP contribution in [-0.2, 0) is 6.42 Å². The van der Waals surface area contributed by atoms with E-state index in [1.807, 2.05) is 24.3 Å². The molecule has 1 aromatic heterocycles. The minimum absolute atomic E-state index is 0.105. The Kier molecular flexibility index (Phi) is 5.60. The number of halogens is 1. The average Bonchev–Trinajstić information content (AvgIpc) is 3.16. The monoisotopic (exact) mass is 432 g/mol. The summed E-state index contributed by atoms with van der Waals surface area (Å²) in [6.07, 6.45) is 6.93. The summed E-state index contributed by atoms with van der Waals surface area (Å²) in [5, 5.41) is 17.0. The molecule has 0 unspecified atom stereocenters. The van der Waals surface area contributed by atoms with Gasteiger partial charge < -0.3 is 10.4 Å². The van der Waals surface area contributed by atoms with Crippen molar-refractivity contribution in [2.75, 3.05) is 6.54 Å². The number of benzene rings is 2. The van der Waals surface area contributed by atoms with Crippen molar-refractivity contribution < 1.29 is 5.11 Å². The van der Waals surface area contributed by atoms with Crippen LogP contribution in [0.5, 0.6) is 0 Å². The van der Waals surface area contributed by atoms with E-state index in [0.29, 0.717) is 0 Å². The quantitative estimate of drug-likeness (QED) is 0.520. The van der Waals surface area contributed by atoms with Gasteiger partial charge in [0.25, 0.3) is 0 Å². The molecule has 1 aliphatic heterocycles. The first-order chi connectivity index (χ1) is 15.0. The zero-order chi connectivity index (χ0) is 21.5. The van der Waals surface area contributed by atoms with E-state index >= 15 is 0 Å². The van der Waals surface area contributed by atoms with Crippen molar-refractivity contribution in [2.24, 2.45) is 0 Å². The van der Waals surface area contributed by atoms with Crippen LogP contribution in [0.3, 0.4) is 0 Å². The van der Waals surface area contributed by atoms with E-state index in [2.05, 4.69) is 37.4 Å². The molecule has 0 radical (unpaired) electrons. The number of nitrogens with one attached hydrogen (secondary N) is 1. The average molecular weight is 433 g/mol. The first-order valence-corrected chi connectivity index (χ1v) is 11.7. The number of aliphatic hydroxyl groups excluding tert-OH is 1. The molecule has 2 aliphatic rings. The number of hydrogen-bond acceptors (Lipinski definition) is 3. The molecule has 0 bridgehead atoms. The van der Waals surface area contributed by atoms with Crippen molar-refractivity contribution >= 4 is 34.2 Å². The summed E-state index contributed by atoms with van der Waals surface area (Å²) in [7, 11) is 0. The van der Waals surface area contributed by atoms with Gasteiger partial charge in [0.2, 0.25) is 0 Å². The number of fused-ring (bicyclic) bond motifs is 2. The second kappa shape index (κ2) is 8.38. The lowest BCUT2D eigenvalue weighted by molar-refractivity contribution is 0.114. The van der Waals surface area contributed by atoms with Gasteiger partial charge in [-0.3, -0.25) is 0 Å². The molecule has 31 heavy (non-hydrogen) atoms. The van der Waals surface area contributed by atoms with E-state index in [4.69, 9.17) is 16.6 Å². The van der Waals surface area contributed by atoms with Gasteiger partial charge in [0, 0.05) is 16.5 Å². The van der Waals surface area contributed by atoms with E-state index in [1.165, 1.54) is 35.1 Å². The van der Waals surface area contributed by atoms with Crippen LogP contribution < -0.4 is 5.32 Å². The zero-order valence-electron chi connectivity index (χ0n) is 18.2. The van der Waals surface area contributed by atoms with E-state index in [1.54, 1.807) is 0 Å². The van der Waals surface area contributed by atoms with E-state index in [0.717, 1.165) is 58.6 Å². The Labute approximate surface area is 189 Å². The molecule has 1 aliphatic carbocycles. The van der Waals surface area contributed by atoms with Crippen molar-refractivity contribution in [1.29, 1.82) is 0 Å². The first kappa shape index (κ1) is 20.7. The highest BCUT2D eigenvalue weighted by atomic mass is 35.5. The second-order valence-corrected chi connectivity index (χ2v) is 9.49. The number of aryl methyl sites for hydroxylation is 2. The summed E-state index contributed by atoms with van der Waals surface area (Å²) < 4.78 is 0. The number of piperidine rings is 1. The third-order valence-corrected chi connectivity index (χ3v) is 7.01. The van der Waals surface area contributed by atoms with Crippen LogP contribution in [0.15, 0.2) is 36.4 Å². The summed E-state index contributed by atoms with van der Waals surface area (Å²) in [5.74, 6) is 0. The molecule has 1 fully saturated rings. The number of aromatic nitrogens is 1. The second-order valence-electron chi connectivity index (χ2n) is 9.05. The van der Waals surface area contributed by atoms with E-state index in [-0.39, 0.29) is 6.04 Å². The van der Waals surface area contributed by atoms with Crippen LogP contribution in [0.25, 0.3) is 22.6 Å². The van der Waals surface area contributed by atoms with Crippen LogP contribution in [0.2, 0.25) is 5.02 Å². The Bertz CT molecular complexity index is 1160. The molecule has 4 heteroatoms. The van der Waals surface area contributed by atoms with Crippen LogP contribution in [0.1, 0.15) is 65.3 Å². The molecule has 2 aromatic carbocycles. The highest BCUT2D eigenvalue weighted by Gasteiger charge is 2.31. The third-order valence-electron chi connectivity index (χ3n) is 6.75. The molecule has 160 valence electrons. The Morgan fingerprint density at radius 3 is 2.68 bits per heavy atom. The molecule has 0 saturated carbocycles. The largest absolute Gasteiger partial charge is 0.387 e. The fourth-order valence-corrected chi connectivity index (χ4v) is 5.39. The van der Waals surface area contributed by atoms with Gasteiger partial charge in [-0.05, 0) is 98.2 Å². The predicted molar refractivity (Wildman–Crippen MR) is 129 cm³/mol. The SMILES string of the molecule is Cc1cc(C)c2nc3c(c([C@@H](O)[C@@H]4CCCCN4)c2c1)CC/C3=C/c1ccc(Cl)cc1. The van der Waals surface area contributed by atoms with Gasteiger partial charge in [-0.25, -0.2) is 4.98 Å². The smallest absolute Gasteiger partial charge is 0.0952 e. The van der Waals surface area contributed by atoms with Gasteiger partial charge in [-0.2, -0.15) is 0 Å². The Morgan fingerprint density at radius 1 is 1.13 bits per heavy atom. The minimum Gasteiger partial charge on any atom is -0.387 e. The number of rotatable bonds is 3. The van der Waals surface area contributed by atoms with E-state index in [9.17, 15) is 5.11 Å². The van der Waals surface area contributed by atoms with Crippen LogP contribution >= 0.6 is 11.6 Å². The van der Waals surface area contributed by atoms with Crippen LogP contribution in [0.4, 0.5) is 0 Å². The molecule has 5 rings (SSSR count). The molecule has 2 heterocycles. The van der Waals surface area contributed by atoms with Gasteiger partial charge in [-0.1, -0.05) is 41.8 Å². The predicted octanol–water partition coefficient (Wildman–Crippen LogP) is 6.17. The Hall–Kier alpha value is -2.20. The van der Waals surface area contributed by atoms with Crippen molar-refractivity contribution in [1.82, 2.24) is 10.3 Å². The van der Waals surface area contributed by atoms with Gasteiger partial charge in [-0.15, -0.1) is 0 Å². The van der Waals surface area contributed by atoms with Crippen LogP contribution in [-0.4, -0.2) is 22.7 Å². The van der Waals surface area contributed by atoms with Crippen molar-refractivity contribution in [3.05, 3.63) is 74.9 Å². The topological polar surface area (TPSA) is 45.2 Å². The standard InChI is InChI=1S/C27H29ClN2O/c1-16-13-17(2)25-22(14-16)24(27(31)23-5-3-4-12-29-23)21-11-8-19(26(21)30-25)15-18-6-9-20(28)10-7-18/h6-7,9-10,13-15,23,27,29,31H,3-5,8,11-12H2,1-2H3/b19-15-/t23-,27-/m0/s1. The summed E-state index contributed by atoms with van der Waals surface area (Å²) in [5.41, 5.74) is 9.13. The molecular formula is C27H29ClN2O. The van der Waals surface area contributed by atoms with Gasteiger partial charge in [0.05, 0.1) is 17.3 Å². The van der Waals surface area contributed by atoms with Crippen molar-refractivity contribution in [3.8, 4) is 0 Å². The maximum Gasteiger partial charge on any atom is 0.0952 e. The highest BCUT2D eigenvalue weighted by molar-refractivity contribution is 6.30. The minimum atomic E-state index is -0.518. The van der Waals surface area contributed by atoms with Gasteiger partial charge in [0.1, 0.15) is 0 Å². The lowest BCUT2D eigenvalue weighted by Crippen LogP contribution is -2.39. The number of allylic oxidation sites excluding steroid dienone is 1. The lowest BCUT2D eigenvalue weighted by Gasteiger charge is -2.30. The molecule has 1 saturated heterocycles. The lowest BCUT2D eigenvalue weighted by atomic mass is 9.88. The highest BCUT2D eigenvalue weighted by Crippen LogP contribution is 2.42. The summed E-state index contributed by atoms with van der Waals surface area (Å²) in [4.78, 5) is 5.15. The number of hydrogen-bond donors (Lipinski definition) is 2. The summed E-state index contributed by atoms with van der Waals surface area (Å²) >= 11 is 6.07. The molecule has 0 spiro atoms. The summed E-state index contributed by atoms with van der Waals surface area (Å²) in [6.45, 7) is 5.23. The molecule has 2 atom stereocenters. The molecular weight excluding hydrogens is 404 g/mol. The summed E-state index contributed by atoms with van der Waals surface area (Å²) in [6, 6.07) is 12.4. The molecule has 3 aromatic rings. The number of pyridine rings is 1. The number of nitrogens with zero attached hydrogens (tertiary/aromatic N) is 1. The van der Waals surface area contributed by atoms with Crippen LogP contribution in [0, 0.1) is 13.8 Å². The fourth-order valence-electron chi connectivity index (χ4n) is 5.27. The first-order valence-electron chi connectivity index (χ1n) is 11.3. The van der Waals surface area contributed by atoms with Gasteiger partial charge in [0.15, 0.2) is 0 Å². The number of aliphatic hydroxyl groups is 1. The van der Waals surface area contributed by atoms with Crippen molar-refractivity contribution in [3.63, 3.8) is 0 Å². The Morgan fingerprint density at radius 2 is 1.94 bits per heavy atom. The third kappa shape index (κ3) is 3.91. The Balaban J connectivity index is 1.69.